The fraction of sp³-hybridized carbons (Fsp3) is 0.308. The van der Waals surface area contributed by atoms with Crippen LogP contribution in [0.2, 0.25) is 0 Å². The Morgan fingerprint density at radius 1 is 1.20 bits per heavy atom. The number of ether oxygens (including phenoxy) is 1. The molecule has 0 saturated heterocycles. The van der Waals surface area contributed by atoms with Gasteiger partial charge in [-0.05, 0) is 18.2 Å². The molecule has 0 fully saturated rings. The summed E-state index contributed by atoms with van der Waals surface area (Å²) in [6.07, 6.45) is 0. The summed E-state index contributed by atoms with van der Waals surface area (Å²) in [5, 5.41) is 2.86. The first kappa shape index (κ1) is 14.0. The average molecular weight is 277 g/mol. The highest BCUT2D eigenvalue weighted by Crippen LogP contribution is 2.24. The molecule has 2 aromatic rings. The second-order valence-electron chi connectivity index (χ2n) is 4.28. The molecule has 1 heterocycles. The van der Waals surface area contributed by atoms with Gasteiger partial charge in [0.15, 0.2) is 17.4 Å². The minimum absolute atomic E-state index is 0.185. The number of rotatable bonds is 4. The number of nitrogens with one attached hydrogen (secondary N) is 1. The summed E-state index contributed by atoms with van der Waals surface area (Å²) >= 11 is 0. The van der Waals surface area contributed by atoms with Gasteiger partial charge in [-0.15, -0.1) is 0 Å². The average Bonchev–Trinajstić information content (AvgIpc) is 2.46. The number of methoxy groups -OCH3 is 1. The molecule has 106 valence electrons. The van der Waals surface area contributed by atoms with E-state index in [0.717, 1.165) is 0 Å². The lowest BCUT2D eigenvalue weighted by Crippen LogP contribution is -2.15. The number of nitrogens with zero attached hydrogens (tertiary/aromatic N) is 4. The van der Waals surface area contributed by atoms with E-state index < -0.39 is 5.82 Å². The molecule has 0 atom stereocenters. The lowest BCUT2D eigenvalue weighted by molar-refractivity contribution is 0.386. The molecule has 6 nitrogen and oxygen atoms in total. The van der Waals surface area contributed by atoms with E-state index in [1.54, 1.807) is 24.1 Å². The van der Waals surface area contributed by atoms with Gasteiger partial charge in [0, 0.05) is 26.7 Å². The first-order chi connectivity index (χ1) is 9.55. The molecular formula is C13H16FN5O. The van der Waals surface area contributed by atoms with Gasteiger partial charge in [-0.2, -0.15) is 15.0 Å². The topological polar surface area (TPSA) is 63.2 Å². The number of benzene rings is 1. The van der Waals surface area contributed by atoms with Gasteiger partial charge in [-0.25, -0.2) is 4.39 Å². The third-order valence-electron chi connectivity index (χ3n) is 2.66. The highest BCUT2D eigenvalue weighted by molar-refractivity contribution is 5.59. The molecule has 0 radical (unpaired) electrons. The zero-order chi connectivity index (χ0) is 14.7. The van der Waals surface area contributed by atoms with Crippen LogP contribution in [0.4, 0.5) is 16.3 Å². The normalized spacial score (nSPS) is 10.2. The minimum atomic E-state index is -0.456. The van der Waals surface area contributed by atoms with Gasteiger partial charge in [0.05, 0.1) is 7.11 Å². The Balaban J connectivity index is 2.51. The predicted octanol–water partition coefficient (Wildman–Crippen LogP) is 1.79. The molecule has 0 bridgehead atoms. The van der Waals surface area contributed by atoms with Crippen LogP contribution in [0, 0.1) is 5.82 Å². The summed E-state index contributed by atoms with van der Waals surface area (Å²) in [6.45, 7) is 0. The molecule has 0 amide bonds. The van der Waals surface area contributed by atoms with Crippen molar-refractivity contribution in [3.8, 4) is 17.1 Å². The molecule has 20 heavy (non-hydrogen) atoms. The van der Waals surface area contributed by atoms with Crippen LogP contribution < -0.4 is 15.0 Å². The van der Waals surface area contributed by atoms with E-state index in [4.69, 9.17) is 4.74 Å². The fourth-order valence-corrected chi connectivity index (χ4v) is 1.61. The van der Waals surface area contributed by atoms with E-state index in [1.165, 1.54) is 13.2 Å². The third kappa shape index (κ3) is 2.76. The first-order valence-corrected chi connectivity index (χ1v) is 6.00. The number of halogens is 1. The number of aromatic nitrogens is 3. The van der Waals surface area contributed by atoms with Crippen molar-refractivity contribution in [1.82, 2.24) is 15.0 Å². The van der Waals surface area contributed by atoms with Crippen LogP contribution in [-0.2, 0) is 0 Å². The van der Waals surface area contributed by atoms with E-state index in [2.05, 4.69) is 20.3 Å². The van der Waals surface area contributed by atoms with Gasteiger partial charge in [0.25, 0.3) is 0 Å². The summed E-state index contributed by atoms with van der Waals surface area (Å²) < 4.78 is 18.6. The van der Waals surface area contributed by atoms with Crippen LogP contribution in [-0.4, -0.2) is 43.2 Å². The summed E-state index contributed by atoms with van der Waals surface area (Å²) in [6, 6.07) is 4.59. The number of hydrogen-bond donors (Lipinski definition) is 1. The molecule has 7 heteroatoms. The predicted molar refractivity (Wildman–Crippen MR) is 75.6 cm³/mol. The van der Waals surface area contributed by atoms with Crippen molar-refractivity contribution in [2.24, 2.45) is 0 Å². The van der Waals surface area contributed by atoms with Gasteiger partial charge < -0.3 is 15.0 Å². The second kappa shape index (κ2) is 5.68. The van der Waals surface area contributed by atoms with Crippen molar-refractivity contribution in [3.05, 3.63) is 24.0 Å². The van der Waals surface area contributed by atoms with Crippen LogP contribution in [0.5, 0.6) is 5.75 Å². The quantitative estimate of drug-likeness (QED) is 0.919. The van der Waals surface area contributed by atoms with Crippen molar-refractivity contribution < 1.29 is 9.13 Å². The van der Waals surface area contributed by atoms with Crippen LogP contribution in [0.3, 0.4) is 0 Å². The van der Waals surface area contributed by atoms with E-state index in [0.29, 0.717) is 23.3 Å². The SMILES string of the molecule is CNc1nc(-c2ccc(OC)c(F)c2)nc(N(C)C)n1. The fourth-order valence-electron chi connectivity index (χ4n) is 1.61. The maximum Gasteiger partial charge on any atom is 0.230 e. The zero-order valence-corrected chi connectivity index (χ0v) is 11.8. The largest absolute Gasteiger partial charge is 0.494 e. The van der Waals surface area contributed by atoms with Crippen LogP contribution >= 0.6 is 0 Å². The Morgan fingerprint density at radius 3 is 2.50 bits per heavy atom. The Labute approximate surface area is 116 Å². The number of hydrogen-bond acceptors (Lipinski definition) is 6. The summed E-state index contributed by atoms with van der Waals surface area (Å²) in [7, 11) is 6.79. The van der Waals surface area contributed by atoms with Gasteiger partial charge in [0.1, 0.15) is 0 Å². The molecule has 0 unspecified atom stereocenters. The highest BCUT2D eigenvalue weighted by atomic mass is 19.1. The zero-order valence-electron chi connectivity index (χ0n) is 11.8. The Bertz CT molecular complexity index is 618. The molecule has 0 aliphatic rings. The first-order valence-electron chi connectivity index (χ1n) is 6.00. The van der Waals surface area contributed by atoms with E-state index >= 15 is 0 Å². The molecular weight excluding hydrogens is 261 g/mol. The molecule has 1 N–H and O–H groups in total. The maximum atomic E-state index is 13.8. The smallest absolute Gasteiger partial charge is 0.230 e. The Morgan fingerprint density at radius 2 is 1.95 bits per heavy atom. The standard InChI is InChI=1S/C13H16FN5O/c1-15-12-16-11(17-13(18-12)19(2)3)8-5-6-10(20-4)9(14)7-8/h5-7H,1-4H3,(H,15,16,17,18). The highest BCUT2D eigenvalue weighted by Gasteiger charge is 2.11. The van der Waals surface area contributed by atoms with E-state index in [9.17, 15) is 4.39 Å². The minimum Gasteiger partial charge on any atom is -0.494 e. The summed E-state index contributed by atoms with van der Waals surface area (Å²) in [4.78, 5) is 14.5. The van der Waals surface area contributed by atoms with Crippen LogP contribution in [0.25, 0.3) is 11.4 Å². The monoisotopic (exact) mass is 277 g/mol. The Hall–Kier alpha value is -2.44. The Kier molecular flexibility index (Phi) is 3.97. The molecule has 2 rings (SSSR count). The third-order valence-corrected chi connectivity index (χ3v) is 2.66. The van der Waals surface area contributed by atoms with E-state index in [1.807, 2.05) is 14.1 Å². The van der Waals surface area contributed by atoms with Crippen molar-refractivity contribution in [2.75, 3.05) is 38.5 Å². The number of anilines is 2. The molecule has 0 aliphatic heterocycles. The summed E-state index contributed by atoms with van der Waals surface area (Å²) in [5.41, 5.74) is 0.560. The summed E-state index contributed by atoms with van der Waals surface area (Å²) in [5.74, 6) is 1.05. The van der Waals surface area contributed by atoms with E-state index in [-0.39, 0.29) is 5.75 Å². The van der Waals surface area contributed by atoms with Gasteiger partial charge in [0.2, 0.25) is 11.9 Å². The molecule has 0 saturated carbocycles. The van der Waals surface area contributed by atoms with Gasteiger partial charge in [-0.3, -0.25) is 0 Å². The van der Waals surface area contributed by atoms with Crippen molar-refractivity contribution >= 4 is 11.9 Å². The lowest BCUT2D eigenvalue weighted by Gasteiger charge is -2.12. The maximum absolute atomic E-state index is 13.8. The molecule has 1 aromatic heterocycles. The molecule has 0 spiro atoms. The van der Waals surface area contributed by atoms with Crippen molar-refractivity contribution in [2.45, 2.75) is 0 Å². The van der Waals surface area contributed by atoms with Crippen LogP contribution in [0.1, 0.15) is 0 Å². The van der Waals surface area contributed by atoms with Crippen molar-refractivity contribution in [3.63, 3.8) is 0 Å². The molecule has 0 aliphatic carbocycles. The van der Waals surface area contributed by atoms with Crippen LogP contribution in [0.15, 0.2) is 18.2 Å². The van der Waals surface area contributed by atoms with Gasteiger partial charge in [-0.1, -0.05) is 0 Å². The lowest BCUT2D eigenvalue weighted by atomic mass is 10.2. The van der Waals surface area contributed by atoms with Gasteiger partial charge >= 0.3 is 0 Å². The molecule has 1 aromatic carbocycles. The van der Waals surface area contributed by atoms with Crippen molar-refractivity contribution in [1.29, 1.82) is 0 Å². The second-order valence-corrected chi connectivity index (χ2v) is 4.28.